The Kier molecular flexibility index (Phi) is 4.56. The van der Waals surface area contributed by atoms with Gasteiger partial charge in [0.1, 0.15) is 0 Å². The van der Waals surface area contributed by atoms with Crippen molar-refractivity contribution < 1.29 is 17.9 Å². The number of rotatable bonds is 5. The molecule has 25 heavy (non-hydrogen) atoms. The molecule has 136 valence electrons. The lowest BCUT2D eigenvalue weighted by atomic mass is 9.91. The summed E-state index contributed by atoms with van der Waals surface area (Å²) in [5, 5.41) is 3.08. The van der Waals surface area contributed by atoms with Crippen LogP contribution in [0.3, 0.4) is 0 Å². The lowest BCUT2D eigenvalue weighted by molar-refractivity contribution is -0.128. The number of sulfonamides is 1. The number of nitrogens with one attached hydrogen (secondary N) is 1. The first-order valence-corrected chi connectivity index (χ1v) is 10.6. The third-order valence-electron chi connectivity index (χ3n) is 5.50. The van der Waals surface area contributed by atoms with Crippen molar-refractivity contribution in [3.8, 4) is 0 Å². The fraction of sp³-hybridized carbons (Fsp3) is 0.611. The molecule has 2 heterocycles. The van der Waals surface area contributed by atoms with Crippen LogP contribution in [0.2, 0.25) is 0 Å². The van der Waals surface area contributed by atoms with E-state index in [1.807, 2.05) is 30.3 Å². The molecule has 1 N–H and O–H groups in total. The predicted molar refractivity (Wildman–Crippen MR) is 93.2 cm³/mol. The van der Waals surface area contributed by atoms with Crippen molar-refractivity contribution in [3.63, 3.8) is 0 Å². The standard InChI is InChI=1S/C18H24N2O4S/c21-18(19-14-7-4-8-14)16-9-15-10-20(11-17(16)24-15)25(22,23)12-13-5-2-1-3-6-13/h1-3,5-6,14-17H,4,7-12H2,(H,19,21)/t15-,16+,17-/m0/s1. The summed E-state index contributed by atoms with van der Waals surface area (Å²) in [7, 11) is -3.41. The first-order chi connectivity index (χ1) is 12.0. The van der Waals surface area contributed by atoms with Crippen molar-refractivity contribution in [1.82, 2.24) is 9.62 Å². The van der Waals surface area contributed by atoms with E-state index in [0.29, 0.717) is 19.0 Å². The number of hydrogen-bond donors (Lipinski definition) is 1. The Morgan fingerprint density at radius 1 is 1.20 bits per heavy atom. The lowest BCUT2D eigenvalue weighted by Crippen LogP contribution is -2.49. The topological polar surface area (TPSA) is 75.7 Å². The number of carbonyl (C=O) groups excluding carboxylic acids is 1. The molecule has 2 aliphatic heterocycles. The van der Waals surface area contributed by atoms with Crippen molar-refractivity contribution in [2.45, 2.75) is 49.7 Å². The number of carbonyl (C=O) groups is 1. The Morgan fingerprint density at radius 2 is 1.96 bits per heavy atom. The van der Waals surface area contributed by atoms with Crippen molar-refractivity contribution in [2.75, 3.05) is 13.1 Å². The molecule has 7 heteroatoms. The smallest absolute Gasteiger partial charge is 0.226 e. The number of amides is 1. The Labute approximate surface area is 148 Å². The number of fused-ring (bicyclic) bond motifs is 2. The zero-order chi connectivity index (χ0) is 17.4. The molecule has 1 aromatic rings. The minimum Gasteiger partial charge on any atom is -0.371 e. The molecule has 2 bridgehead atoms. The summed E-state index contributed by atoms with van der Waals surface area (Å²) in [6.45, 7) is 0.618. The number of ether oxygens (including phenoxy) is 1. The third kappa shape index (κ3) is 3.59. The third-order valence-corrected chi connectivity index (χ3v) is 7.28. The van der Waals surface area contributed by atoms with E-state index in [0.717, 1.165) is 18.4 Å². The Balaban J connectivity index is 1.41. The fourth-order valence-electron chi connectivity index (χ4n) is 3.86. The van der Waals surface area contributed by atoms with E-state index in [-0.39, 0.29) is 36.3 Å². The molecule has 1 aromatic carbocycles. The highest BCUT2D eigenvalue weighted by atomic mass is 32.2. The second-order valence-corrected chi connectivity index (χ2v) is 9.30. The molecule has 1 saturated carbocycles. The highest BCUT2D eigenvalue weighted by Crippen LogP contribution is 2.34. The highest BCUT2D eigenvalue weighted by Gasteiger charge is 2.47. The quantitative estimate of drug-likeness (QED) is 0.854. The average Bonchev–Trinajstić information content (AvgIpc) is 2.85. The monoisotopic (exact) mass is 364 g/mol. The highest BCUT2D eigenvalue weighted by molar-refractivity contribution is 7.88. The molecule has 3 aliphatic rings. The van der Waals surface area contributed by atoms with Gasteiger partial charge in [0.25, 0.3) is 0 Å². The van der Waals surface area contributed by atoms with Crippen LogP contribution in [0.4, 0.5) is 0 Å². The first kappa shape index (κ1) is 17.0. The van der Waals surface area contributed by atoms with Crippen molar-refractivity contribution in [2.24, 2.45) is 5.92 Å². The van der Waals surface area contributed by atoms with E-state index in [1.54, 1.807) is 0 Å². The zero-order valence-corrected chi connectivity index (χ0v) is 15.0. The molecule has 3 atom stereocenters. The zero-order valence-electron chi connectivity index (χ0n) is 14.1. The van der Waals surface area contributed by atoms with E-state index in [1.165, 1.54) is 10.7 Å². The minimum absolute atomic E-state index is 0.00772. The van der Waals surface area contributed by atoms with Crippen LogP contribution in [0.25, 0.3) is 0 Å². The summed E-state index contributed by atoms with van der Waals surface area (Å²) in [5.74, 6) is -0.214. The van der Waals surface area contributed by atoms with Crippen molar-refractivity contribution >= 4 is 15.9 Å². The second kappa shape index (κ2) is 6.70. The molecule has 1 amide bonds. The Morgan fingerprint density at radius 3 is 2.64 bits per heavy atom. The molecule has 2 saturated heterocycles. The van der Waals surface area contributed by atoms with Crippen LogP contribution in [0.15, 0.2) is 30.3 Å². The van der Waals surface area contributed by atoms with E-state index in [2.05, 4.69) is 5.32 Å². The number of nitrogens with zero attached hydrogens (tertiary/aromatic N) is 1. The van der Waals surface area contributed by atoms with Gasteiger partial charge in [-0.15, -0.1) is 0 Å². The van der Waals surface area contributed by atoms with Crippen LogP contribution in [-0.2, 0) is 25.3 Å². The molecule has 0 radical (unpaired) electrons. The van der Waals surface area contributed by atoms with Gasteiger partial charge in [-0.2, -0.15) is 4.31 Å². The van der Waals surface area contributed by atoms with Crippen molar-refractivity contribution in [3.05, 3.63) is 35.9 Å². The van der Waals surface area contributed by atoms with Crippen LogP contribution >= 0.6 is 0 Å². The number of benzene rings is 1. The van der Waals surface area contributed by atoms with Crippen LogP contribution in [0.1, 0.15) is 31.2 Å². The number of morpholine rings is 1. The van der Waals surface area contributed by atoms with Gasteiger partial charge in [0.05, 0.1) is 23.9 Å². The second-order valence-electron chi connectivity index (χ2n) is 7.33. The van der Waals surface area contributed by atoms with Gasteiger partial charge in [-0.05, 0) is 31.2 Å². The summed E-state index contributed by atoms with van der Waals surface area (Å²) in [5.41, 5.74) is 0.778. The molecular weight excluding hydrogens is 340 g/mol. The van der Waals surface area contributed by atoms with E-state index in [9.17, 15) is 13.2 Å². The molecule has 6 nitrogen and oxygen atoms in total. The van der Waals surface area contributed by atoms with E-state index < -0.39 is 10.0 Å². The maximum absolute atomic E-state index is 12.8. The van der Waals surface area contributed by atoms with E-state index >= 15 is 0 Å². The van der Waals surface area contributed by atoms with Crippen LogP contribution < -0.4 is 5.32 Å². The van der Waals surface area contributed by atoms with Crippen LogP contribution in [0.5, 0.6) is 0 Å². The number of hydrogen-bond acceptors (Lipinski definition) is 4. The fourth-order valence-corrected chi connectivity index (χ4v) is 5.43. The molecule has 0 spiro atoms. The van der Waals surface area contributed by atoms with Gasteiger partial charge < -0.3 is 10.1 Å². The van der Waals surface area contributed by atoms with Gasteiger partial charge in [0.2, 0.25) is 15.9 Å². The Bertz CT molecular complexity index is 733. The van der Waals surface area contributed by atoms with Crippen LogP contribution in [-0.4, -0.2) is 50.0 Å². The first-order valence-electron chi connectivity index (χ1n) is 8.99. The minimum atomic E-state index is -3.41. The summed E-state index contributed by atoms with van der Waals surface area (Å²) in [6.07, 6.45) is 3.37. The molecule has 0 aromatic heterocycles. The SMILES string of the molecule is O=C(NC1CCC1)[C@@H]1C[C@H]2CN(S(=O)(=O)Cc3ccccc3)C[C@@H]1O2. The molecule has 4 rings (SSSR count). The molecular formula is C18H24N2O4S. The maximum Gasteiger partial charge on any atom is 0.226 e. The average molecular weight is 364 g/mol. The molecule has 3 fully saturated rings. The normalized spacial score (nSPS) is 30.0. The summed E-state index contributed by atoms with van der Waals surface area (Å²) < 4.78 is 32.9. The molecule has 0 unspecified atom stereocenters. The summed E-state index contributed by atoms with van der Waals surface area (Å²) in [4.78, 5) is 12.5. The van der Waals surface area contributed by atoms with Gasteiger partial charge in [-0.3, -0.25) is 4.79 Å². The predicted octanol–water partition coefficient (Wildman–Crippen LogP) is 1.27. The van der Waals surface area contributed by atoms with Gasteiger partial charge in [-0.25, -0.2) is 8.42 Å². The van der Waals surface area contributed by atoms with Gasteiger partial charge in [0, 0.05) is 19.1 Å². The summed E-state index contributed by atoms with van der Waals surface area (Å²) in [6, 6.07) is 9.49. The van der Waals surface area contributed by atoms with Gasteiger partial charge in [-0.1, -0.05) is 30.3 Å². The van der Waals surface area contributed by atoms with E-state index in [4.69, 9.17) is 4.74 Å². The van der Waals surface area contributed by atoms with Crippen LogP contribution in [0, 0.1) is 5.92 Å². The van der Waals surface area contributed by atoms with Gasteiger partial charge >= 0.3 is 0 Å². The largest absolute Gasteiger partial charge is 0.371 e. The summed E-state index contributed by atoms with van der Waals surface area (Å²) >= 11 is 0. The lowest BCUT2D eigenvalue weighted by Gasteiger charge is -2.32. The van der Waals surface area contributed by atoms with Gasteiger partial charge in [0.15, 0.2) is 0 Å². The maximum atomic E-state index is 12.8. The Hall–Kier alpha value is -1.44. The van der Waals surface area contributed by atoms with Crippen molar-refractivity contribution in [1.29, 1.82) is 0 Å². The molecule has 1 aliphatic carbocycles.